The predicted molar refractivity (Wildman–Crippen MR) is 156 cm³/mol. The molecule has 206 valence electrons. The van der Waals surface area contributed by atoms with Crippen molar-refractivity contribution in [1.29, 1.82) is 0 Å². The summed E-state index contributed by atoms with van der Waals surface area (Å²) in [7, 11) is 0. The SMILES string of the molecule is CC=C1[C@H](OC=O)C[C@H](OC(=O)c2ccc(-c3ccccc3)cc2)[C@@H]1C(OC=O)c1ccc(-c2ccccc2)cc1. The Labute approximate surface area is 239 Å². The molecule has 41 heavy (non-hydrogen) atoms. The van der Waals surface area contributed by atoms with Crippen LogP contribution in [0.5, 0.6) is 0 Å². The summed E-state index contributed by atoms with van der Waals surface area (Å²) in [6.45, 7) is 2.62. The van der Waals surface area contributed by atoms with E-state index in [1.165, 1.54) is 0 Å². The van der Waals surface area contributed by atoms with Crippen molar-refractivity contribution in [1.82, 2.24) is 0 Å². The van der Waals surface area contributed by atoms with Crippen LogP contribution < -0.4 is 0 Å². The molecular formula is C35H30O6. The van der Waals surface area contributed by atoms with E-state index < -0.39 is 30.2 Å². The summed E-state index contributed by atoms with van der Waals surface area (Å²) in [5.41, 5.74) is 5.96. The van der Waals surface area contributed by atoms with E-state index in [0.717, 1.165) is 33.4 Å². The van der Waals surface area contributed by atoms with Crippen LogP contribution in [0, 0.1) is 5.92 Å². The molecule has 1 unspecified atom stereocenters. The highest BCUT2D eigenvalue weighted by Gasteiger charge is 2.47. The fraction of sp³-hybridized carbons (Fsp3) is 0.171. The largest absolute Gasteiger partial charge is 0.460 e. The molecule has 0 aromatic heterocycles. The average Bonchev–Trinajstić information content (AvgIpc) is 3.37. The molecule has 0 aliphatic heterocycles. The quantitative estimate of drug-likeness (QED) is 0.0925. The van der Waals surface area contributed by atoms with Crippen LogP contribution in [-0.4, -0.2) is 31.1 Å². The van der Waals surface area contributed by atoms with E-state index in [1.54, 1.807) is 12.1 Å². The summed E-state index contributed by atoms with van der Waals surface area (Å²) < 4.78 is 17.1. The van der Waals surface area contributed by atoms with E-state index in [-0.39, 0.29) is 6.42 Å². The maximum Gasteiger partial charge on any atom is 0.338 e. The van der Waals surface area contributed by atoms with Crippen LogP contribution in [0.3, 0.4) is 0 Å². The Bertz CT molecular complexity index is 1490. The van der Waals surface area contributed by atoms with Crippen molar-refractivity contribution >= 4 is 18.9 Å². The maximum absolute atomic E-state index is 13.3. The summed E-state index contributed by atoms with van der Waals surface area (Å²) in [6.07, 6.45) is 0.00814. The van der Waals surface area contributed by atoms with Gasteiger partial charge in [-0.3, -0.25) is 9.59 Å². The normalized spacial score (nSPS) is 19.7. The Hall–Kier alpha value is -4.97. The molecule has 4 atom stereocenters. The Balaban J connectivity index is 1.42. The minimum Gasteiger partial charge on any atom is -0.460 e. The second-order valence-corrected chi connectivity index (χ2v) is 9.80. The third-order valence-electron chi connectivity index (χ3n) is 7.52. The van der Waals surface area contributed by atoms with Crippen LogP contribution in [0.4, 0.5) is 0 Å². The Kier molecular flexibility index (Phi) is 8.70. The van der Waals surface area contributed by atoms with Gasteiger partial charge in [0.25, 0.3) is 12.9 Å². The molecule has 0 heterocycles. The first-order valence-corrected chi connectivity index (χ1v) is 13.5. The van der Waals surface area contributed by atoms with E-state index >= 15 is 0 Å². The Morgan fingerprint density at radius 3 is 1.78 bits per heavy atom. The number of hydrogen-bond acceptors (Lipinski definition) is 6. The van der Waals surface area contributed by atoms with E-state index in [1.807, 2.05) is 110 Å². The standard InChI is InChI=1S/C35H30O6/c1-2-30-31(39-22-36)21-32(41-35(38)29-19-15-27(16-20-29)25-11-7-4-8-12-25)33(30)34(40-23-37)28-17-13-26(14-18-28)24-9-5-3-6-10-24/h2-20,22-23,31-34H,21H2,1H3/t31-,32+,33-,34?/m1/s1. The molecule has 1 aliphatic rings. The molecule has 6 heteroatoms. The maximum atomic E-state index is 13.3. The van der Waals surface area contributed by atoms with Crippen LogP contribution in [0.2, 0.25) is 0 Å². The molecule has 4 aromatic rings. The van der Waals surface area contributed by atoms with Gasteiger partial charge in [-0.2, -0.15) is 0 Å². The zero-order valence-corrected chi connectivity index (χ0v) is 22.6. The molecule has 0 N–H and O–H groups in total. The minimum atomic E-state index is -0.762. The molecule has 0 radical (unpaired) electrons. The van der Waals surface area contributed by atoms with Gasteiger partial charge in [0.2, 0.25) is 0 Å². The minimum absolute atomic E-state index is 0.248. The molecule has 1 saturated carbocycles. The second kappa shape index (κ2) is 12.9. The number of benzene rings is 4. The van der Waals surface area contributed by atoms with E-state index in [9.17, 15) is 14.4 Å². The summed E-state index contributed by atoms with van der Waals surface area (Å²) in [5, 5.41) is 0. The van der Waals surface area contributed by atoms with Crippen molar-refractivity contribution in [2.45, 2.75) is 31.7 Å². The number of carbonyl (C=O) groups excluding carboxylic acids is 3. The van der Waals surface area contributed by atoms with Gasteiger partial charge in [0.1, 0.15) is 18.3 Å². The van der Waals surface area contributed by atoms with Gasteiger partial charge in [0.15, 0.2) is 0 Å². The fourth-order valence-corrected chi connectivity index (χ4v) is 5.55. The molecule has 0 saturated heterocycles. The number of rotatable bonds is 10. The Morgan fingerprint density at radius 1 is 0.732 bits per heavy atom. The first-order chi connectivity index (χ1) is 20.1. The highest BCUT2D eigenvalue weighted by atomic mass is 16.6. The predicted octanol–water partition coefficient (Wildman–Crippen LogP) is 6.97. The number of hydrogen-bond donors (Lipinski definition) is 0. The summed E-state index contributed by atoms with van der Waals surface area (Å²) in [4.78, 5) is 36.3. The van der Waals surface area contributed by atoms with Crippen molar-refractivity contribution < 1.29 is 28.6 Å². The van der Waals surface area contributed by atoms with Gasteiger partial charge in [-0.05, 0) is 52.4 Å². The van der Waals surface area contributed by atoms with Crippen LogP contribution in [0.1, 0.15) is 35.4 Å². The number of carbonyl (C=O) groups is 3. The molecule has 0 bridgehead atoms. The van der Waals surface area contributed by atoms with Crippen LogP contribution in [0.25, 0.3) is 22.3 Å². The molecule has 5 rings (SSSR count). The third-order valence-corrected chi connectivity index (χ3v) is 7.52. The van der Waals surface area contributed by atoms with Crippen LogP contribution >= 0.6 is 0 Å². The van der Waals surface area contributed by atoms with Crippen LogP contribution in [0.15, 0.2) is 121 Å². The third kappa shape index (κ3) is 6.12. The van der Waals surface area contributed by atoms with Crippen molar-refractivity contribution in [2.75, 3.05) is 0 Å². The van der Waals surface area contributed by atoms with E-state index in [4.69, 9.17) is 14.2 Å². The topological polar surface area (TPSA) is 78.9 Å². The summed E-state index contributed by atoms with van der Waals surface area (Å²) >= 11 is 0. The lowest BCUT2D eigenvalue weighted by Crippen LogP contribution is -2.29. The van der Waals surface area contributed by atoms with Gasteiger partial charge in [-0.25, -0.2) is 4.79 Å². The van der Waals surface area contributed by atoms with E-state index in [2.05, 4.69) is 0 Å². The van der Waals surface area contributed by atoms with Crippen molar-refractivity contribution in [2.24, 2.45) is 5.92 Å². The Morgan fingerprint density at radius 2 is 1.27 bits per heavy atom. The lowest BCUT2D eigenvalue weighted by atomic mass is 9.88. The number of allylic oxidation sites excluding steroid dienone is 1. The molecule has 0 spiro atoms. The summed E-state index contributed by atoms with van der Waals surface area (Å²) in [6, 6.07) is 34.8. The lowest BCUT2D eigenvalue weighted by Gasteiger charge is -2.28. The summed E-state index contributed by atoms with van der Waals surface area (Å²) in [5.74, 6) is -1.06. The molecule has 4 aromatic carbocycles. The van der Waals surface area contributed by atoms with Crippen LogP contribution in [-0.2, 0) is 23.8 Å². The molecule has 6 nitrogen and oxygen atoms in total. The second-order valence-electron chi connectivity index (χ2n) is 9.80. The highest BCUT2D eigenvalue weighted by Crippen LogP contribution is 2.45. The average molecular weight is 547 g/mol. The monoisotopic (exact) mass is 546 g/mol. The first-order valence-electron chi connectivity index (χ1n) is 13.5. The van der Waals surface area contributed by atoms with Crippen molar-refractivity contribution in [3.05, 3.63) is 132 Å². The molecule has 0 amide bonds. The highest BCUT2D eigenvalue weighted by molar-refractivity contribution is 5.90. The zero-order chi connectivity index (χ0) is 28.6. The van der Waals surface area contributed by atoms with Gasteiger partial charge in [0.05, 0.1) is 11.5 Å². The van der Waals surface area contributed by atoms with Gasteiger partial charge in [-0.15, -0.1) is 0 Å². The van der Waals surface area contributed by atoms with Gasteiger partial charge in [0, 0.05) is 6.42 Å². The van der Waals surface area contributed by atoms with Crippen molar-refractivity contribution in [3.63, 3.8) is 0 Å². The number of ether oxygens (including phenoxy) is 3. The smallest absolute Gasteiger partial charge is 0.338 e. The zero-order valence-electron chi connectivity index (χ0n) is 22.6. The van der Waals surface area contributed by atoms with Gasteiger partial charge < -0.3 is 14.2 Å². The molecular weight excluding hydrogens is 516 g/mol. The molecule has 1 fully saturated rings. The first kappa shape index (κ1) is 27.6. The fourth-order valence-electron chi connectivity index (χ4n) is 5.55. The van der Waals surface area contributed by atoms with Crippen molar-refractivity contribution in [3.8, 4) is 22.3 Å². The van der Waals surface area contributed by atoms with E-state index in [0.29, 0.717) is 18.5 Å². The number of esters is 1. The lowest BCUT2D eigenvalue weighted by molar-refractivity contribution is -0.137. The van der Waals surface area contributed by atoms with Gasteiger partial charge in [-0.1, -0.05) is 103 Å². The molecule has 1 aliphatic carbocycles. The van der Waals surface area contributed by atoms with Gasteiger partial charge >= 0.3 is 5.97 Å².